The monoisotopic (exact) mass is 363 g/mol. The molecule has 1 aliphatic carbocycles. The minimum absolute atomic E-state index is 0.344. The molecule has 1 atom stereocenters. The van der Waals surface area contributed by atoms with Gasteiger partial charge in [-0.2, -0.15) is 4.98 Å². The van der Waals surface area contributed by atoms with Crippen molar-refractivity contribution in [1.29, 1.82) is 0 Å². The van der Waals surface area contributed by atoms with E-state index in [0.717, 1.165) is 44.8 Å². The van der Waals surface area contributed by atoms with E-state index in [0.29, 0.717) is 17.3 Å². The lowest BCUT2D eigenvalue weighted by Crippen LogP contribution is -2.57. The van der Waals surface area contributed by atoms with Gasteiger partial charge in [0, 0.05) is 30.0 Å². The molecule has 142 valence electrons. The highest BCUT2D eigenvalue weighted by atomic mass is 15.3. The van der Waals surface area contributed by atoms with E-state index in [-0.39, 0.29) is 0 Å². The van der Waals surface area contributed by atoms with Gasteiger partial charge in [0.2, 0.25) is 5.95 Å². The van der Waals surface area contributed by atoms with Gasteiger partial charge in [-0.1, -0.05) is 30.3 Å². The van der Waals surface area contributed by atoms with Gasteiger partial charge >= 0.3 is 0 Å². The summed E-state index contributed by atoms with van der Waals surface area (Å²) in [7, 11) is 0. The Kier molecular flexibility index (Phi) is 4.27. The van der Waals surface area contributed by atoms with Gasteiger partial charge in [0.25, 0.3) is 0 Å². The first-order chi connectivity index (χ1) is 13.2. The first-order valence-electron chi connectivity index (χ1n) is 10.4. The molecule has 1 spiro atoms. The summed E-state index contributed by atoms with van der Waals surface area (Å²) < 4.78 is 0. The molecule has 27 heavy (non-hydrogen) atoms. The van der Waals surface area contributed by atoms with Crippen molar-refractivity contribution >= 4 is 11.8 Å². The maximum absolute atomic E-state index is 6.18. The smallest absolute Gasteiger partial charge is 0.222 e. The van der Waals surface area contributed by atoms with Gasteiger partial charge < -0.3 is 16.0 Å². The number of fused-ring (bicyclic) bond motifs is 1. The van der Waals surface area contributed by atoms with Crippen molar-refractivity contribution in [3.63, 3.8) is 0 Å². The van der Waals surface area contributed by atoms with E-state index >= 15 is 0 Å². The number of anilines is 2. The SMILES string of the molecule is Nc1nc2c(c(N3CC4(CCCNCC4)C3)n1)CCCC2c1ccccc1. The predicted octanol–water partition coefficient (Wildman–Crippen LogP) is 3.11. The third-order valence-corrected chi connectivity index (χ3v) is 6.73. The third kappa shape index (κ3) is 3.08. The zero-order chi connectivity index (χ0) is 18.3. The Morgan fingerprint density at radius 2 is 1.89 bits per heavy atom. The molecule has 1 unspecified atom stereocenters. The van der Waals surface area contributed by atoms with E-state index in [1.807, 2.05) is 0 Å². The van der Waals surface area contributed by atoms with Crippen LogP contribution in [0, 0.1) is 5.41 Å². The minimum atomic E-state index is 0.344. The second kappa shape index (κ2) is 6.79. The van der Waals surface area contributed by atoms with Gasteiger partial charge in [0.05, 0.1) is 5.69 Å². The number of nitrogen functional groups attached to an aromatic ring is 1. The van der Waals surface area contributed by atoms with E-state index in [9.17, 15) is 0 Å². The Balaban J connectivity index is 1.46. The quantitative estimate of drug-likeness (QED) is 0.858. The molecule has 5 rings (SSSR count). The standard InChI is InChI=1S/C22H29N5/c23-21-25-19-17(16-6-2-1-3-7-16)8-4-9-18(19)20(26-21)27-14-22(15-27)10-5-12-24-13-11-22/h1-3,6-7,17,24H,4-5,8-15H2,(H2,23,25,26). The second-order valence-electron chi connectivity index (χ2n) is 8.58. The minimum Gasteiger partial charge on any atom is -0.368 e. The molecule has 2 aliphatic heterocycles. The molecule has 2 saturated heterocycles. The fourth-order valence-electron chi connectivity index (χ4n) is 5.35. The molecule has 0 radical (unpaired) electrons. The van der Waals surface area contributed by atoms with Crippen LogP contribution in [0.5, 0.6) is 0 Å². The highest BCUT2D eigenvalue weighted by Crippen LogP contribution is 2.45. The average Bonchev–Trinajstić information content (AvgIpc) is 2.93. The van der Waals surface area contributed by atoms with Crippen molar-refractivity contribution < 1.29 is 0 Å². The average molecular weight is 364 g/mol. The van der Waals surface area contributed by atoms with Crippen molar-refractivity contribution in [3.05, 3.63) is 47.2 Å². The number of benzene rings is 1. The van der Waals surface area contributed by atoms with Crippen LogP contribution in [0.15, 0.2) is 30.3 Å². The second-order valence-corrected chi connectivity index (χ2v) is 8.58. The third-order valence-electron chi connectivity index (χ3n) is 6.73. The molecule has 0 saturated carbocycles. The first kappa shape index (κ1) is 17.0. The van der Waals surface area contributed by atoms with Crippen molar-refractivity contribution in [2.75, 3.05) is 36.8 Å². The maximum atomic E-state index is 6.18. The zero-order valence-corrected chi connectivity index (χ0v) is 16.0. The molecule has 3 aliphatic rings. The van der Waals surface area contributed by atoms with Gasteiger partial charge in [-0.3, -0.25) is 0 Å². The fraction of sp³-hybridized carbons (Fsp3) is 0.545. The van der Waals surface area contributed by atoms with Gasteiger partial charge in [-0.25, -0.2) is 4.98 Å². The topological polar surface area (TPSA) is 67.1 Å². The van der Waals surface area contributed by atoms with Crippen LogP contribution in [0.1, 0.15) is 54.8 Å². The van der Waals surface area contributed by atoms with Gasteiger partial charge in [0.1, 0.15) is 5.82 Å². The molecule has 0 amide bonds. The van der Waals surface area contributed by atoms with Crippen LogP contribution in [0.2, 0.25) is 0 Å². The molecule has 1 aromatic carbocycles. The molecule has 3 N–H and O–H groups in total. The Hall–Kier alpha value is -2.14. The fourth-order valence-corrected chi connectivity index (χ4v) is 5.35. The van der Waals surface area contributed by atoms with Gasteiger partial charge in [-0.15, -0.1) is 0 Å². The van der Waals surface area contributed by atoms with E-state index in [1.165, 1.54) is 42.5 Å². The number of aromatic nitrogens is 2. The van der Waals surface area contributed by atoms with Crippen LogP contribution in [-0.2, 0) is 6.42 Å². The highest BCUT2D eigenvalue weighted by Gasteiger charge is 2.44. The summed E-state index contributed by atoms with van der Waals surface area (Å²) in [6.45, 7) is 4.55. The van der Waals surface area contributed by atoms with Crippen molar-refractivity contribution in [2.45, 2.75) is 44.4 Å². The normalized spacial score (nSPS) is 24.1. The zero-order valence-electron chi connectivity index (χ0n) is 16.0. The Morgan fingerprint density at radius 1 is 1.04 bits per heavy atom. The maximum Gasteiger partial charge on any atom is 0.222 e. The van der Waals surface area contributed by atoms with Crippen LogP contribution in [0.3, 0.4) is 0 Å². The first-order valence-corrected chi connectivity index (χ1v) is 10.4. The van der Waals surface area contributed by atoms with E-state index in [1.54, 1.807) is 0 Å². The lowest BCUT2D eigenvalue weighted by atomic mass is 9.73. The van der Waals surface area contributed by atoms with Crippen LogP contribution in [0.25, 0.3) is 0 Å². The number of nitrogens with one attached hydrogen (secondary N) is 1. The number of nitrogens with zero attached hydrogens (tertiary/aromatic N) is 3. The summed E-state index contributed by atoms with van der Waals surface area (Å²) in [5, 5.41) is 3.54. The Labute approximate surface area is 161 Å². The number of rotatable bonds is 2. The van der Waals surface area contributed by atoms with Crippen LogP contribution in [0.4, 0.5) is 11.8 Å². The Morgan fingerprint density at radius 3 is 2.74 bits per heavy atom. The van der Waals surface area contributed by atoms with E-state index < -0.39 is 0 Å². The number of nitrogens with two attached hydrogens (primary N) is 1. The van der Waals surface area contributed by atoms with E-state index in [4.69, 9.17) is 15.7 Å². The van der Waals surface area contributed by atoms with Crippen molar-refractivity contribution in [1.82, 2.24) is 15.3 Å². The molecule has 1 aromatic heterocycles. The van der Waals surface area contributed by atoms with Crippen molar-refractivity contribution in [2.24, 2.45) is 5.41 Å². The lowest BCUT2D eigenvalue weighted by molar-refractivity contribution is 0.184. The summed E-state index contributed by atoms with van der Waals surface area (Å²) in [6, 6.07) is 10.8. The molecular formula is C22H29N5. The summed E-state index contributed by atoms with van der Waals surface area (Å²) in [4.78, 5) is 11.9. The van der Waals surface area contributed by atoms with E-state index in [2.05, 4.69) is 40.5 Å². The molecule has 0 bridgehead atoms. The summed E-state index contributed by atoms with van der Waals surface area (Å²) in [5.74, 6) is 1.88. The van der Waals surface area contributed by atoms with Crippen LogP contribution < -0.4 is 16.0 Å². The molecule has 2 aromatic rings. The molecule has 3 heterocycles. The highest BCUT2D eigenvalue weighted by molar-refractivity contribution is 5.57. The summed E-state index contributed by atoms with van der Waals surface area (Å²) >= 11 is 0. The summed E-state index contributed by atoms with van der Waals surface area (Å²) in [5.41, 5.74) is 10.5. The van der Waals surface area contributed by atoms with Crippen LogP contribution >= 0.6 is 0 Å². The number of hydrogen-bond donors (Lipinski definition) is 2. The largest absolute Gasteiger partial charge is 0.368 e. The molecule has 5 heteroatoms. The molecular weight excluding hydrogens is 334 g/mol. The van der Waals surface area contributed by atoms with Gasteiger partial charge in [-0.05, 0) is 57.2 Å². The van der Waals surface area contributed by atoms with Crippen molar-refractivity contribution in [3.8, 4) is 0 Å². The molecule has 2 fully saturated rings. The van der Waals surface area contributed by atoms with Crippen LogP contribution in [-0.4, -0.2) is 36.1 Å². The molecule has 5 nitrogen and oxygen atoms in total. The number of hydrogen-bond acceptors (Lipinski definition) is 5. The Bertz CT molecular complexity index is 803. The predicted molar refractivity (Wildman–Crippen MR) is 109 cm³/mol. The lowest BCUT2D eigenvalue weighted by Gasteiger charge is -2.51. The van der Waals surface area contributed by atoms with Gasteiger partial charge in [0.15, 0.2) is 0 Å². The summed E-state index contributed by atoms with van der Waals surface area (Å²) in [6.07, 6.45) is 7.29.